The van der Waals surface area contributed by atoms with E-state index in [2.05, 4.69) is 15.0 Å². The molecule has 0 aliphatic carbocycles. The maximum atomic E-state index is 13.5. The molecule has 37 heavy (non-hydrogen) atoms. The fourth-order valence-electron chi connectivity index (χ4n) is 3.51. The Morgan fingerprint density at radius 2 is 1.89 bits per heavy atom. The molecule has 2 aromatic heterocycles. The van der Waals surface area contributed by atoms with Crippen LogP contribution in [0.1, 0.15) is 18.9 Å². The van der Waals surface area contributed by atoms with Crippen LogP contribution in [0.2, 0.25) is 0 Å². The van der Waals surface area contributed by atoms with Gasteiger partial charge in [-0.1, -0.05) is 30.3 Å². The van der Waals surface area contributed by atoms with Crippen LogP contribution in [0.5, 0.6) is 0 Å². The van der Waals surface area contributed by atoms with Crippen molar-refractivity contribution < 1.29 is 33.6 Å². The van der Waals surface area contributed by atoms with Gasteiger partial charge >= 0.3 is 11.9 Å². The Bertz CT molecular complexity index is 1270. The number of benzene rings is 1. The summed E-state index contributed by atoms with van der Waals surface area (Å²) in [5, 5.41) is 15.6. The van der Waals surface area contributed by atoms with Gasteiger partial charge in [-0.3, -0.25) is 4.57 Å². The van der Waals surface area contributed by atoms with E-state index in [9.17, 15) is 14.2 Å². The van der Waals surface area contributed by atoms with Gasteiger partial charge in [-0.15, -0.1) is 0 Å². The highest BCUT2D eigenvalue weighted by Gasteiger charge is 2.35. The third-order valence-corrected chi connectivity index (χ3v) is 7.53. The van der Waals surface area contributed by atoms with Crippen LogP contribution in [0.15, 0.2) is 55.1 Å². The molecule has 14 heteroatoms. The van der Waals surface area contributed by atoms with Gasteiger partial charge in [0, 0.05) is 25.2 Å². The largest absolute Gasteiger partial charge is 0.478 e. The van der Waals surface area contributed by atoms with Crippen molar-refractivity contribution in [2.24, 2.45) is 0 Å². The molecule has 3 aromatic rings. The predicted molar refractivity (Wildman–Crippen MR) is 135 cm³/mol. The smallest absolute Gasteiger partial charge is 0.328 e. The number of carboxylic acids is 2. The van der Waals surface area contributed by atoms with Gasteiger partial charge in [0.1, 0.15) is 18.2 Å². The summed E-state index contributed by atoms with van der Waals surface area (Å²) in [6.07, 6.45) is 4.88. The number of nitrogen functional groups attached to an aromatic ring is 1. The van der Waals surface area contributed by atoms with Crippen molar-refractivity contribution in [3.8, 4) is 0 Å². The fourth-order valence-corrected chi connectivity index (χ4v) is 5.60. The highest BCUT2D eigenvalue weighted by Crippen LogP contribution is 2.54. The molecule has 0 radical (unpaired) electrons. The van der Waals surface area contributed by atoms with E-state index in [0.717, 1.165) is 18.5 Å². The number of anilines is 1. The third-order valence-electron chi connectivity index (χ3n) is 5.27. The number of hydrogen-bond acceptors (Lipinski definition) is 9. The molecular weight excluding hydrogens is 503 g/mol. The normalized spacial score (nSPS) is 18.8. The van der Waals surface area contributed by atoms with Crippen molar-refractivity contribution in [1.82, 2.24) is 24.2 Å². The number of hydrogen-bond donors (Lipinski definition) is 3. The van der Waals surface area contributed by atoms with Gasteiger partial charge in [-0.25, -0.2) is 29.2 Å². The Morgan fingerprint density at radius 3 is 2.57 bits per heavy atom. The average Bonchev–Trinajstić information content (AvgIpc) is 3.28. The molecular formula is C23H29N6O7P. The lowest BCUT2D eigenvalue weighted by molar-refractivity contribution is -0.134. The number of rotatable bonds is 9. The Balaban J connectivity index is 0.000000414. The first-order valence-electron chi connectivity index (χ1n) is 11.4. The molecule has 0 bridgehead atoms. The molecule has 3 heterocycles. The third kappa shape index (κ3) is 8.19. The standard InChI is InChI=1S/C19H25N6O3P.C4H4O4/c1-15(10-24-13-23-17-18(20)21-12-22-19(17)24)27-14-29(26)25(8-5-9-28-29)11-16-6-3-2-4-7-16;5-3(6)1-2-4(7)8/h2-4,6-7,12-13,15H,5,8-11,14H2,1H3,(H2,20,21,22);1-2H,(H,5,6)(H,7,8)/b;2-1+/t15-,29?;/m1./s1. The van der Waals surface area contributed by atoms with Gasteiger partial charge in [-0.05, 0) is 18.9 Å². The summed E-state index contributed by atoms with van der Waals surface area (Å²) in [6.45, 7) is 4.23. The minimum Gasteiger partial charge on any atom is -0.478 e. The van der Waals surface area contributed by atoms with Gasteiger partial charge < -0.3 is 29.8 Å². The zero-order chi connectivity index (χ0) is 26.8. The molecule has 0 spiro atoms. The van der Waals surface area contributed by atoms with Crippen LogP contribution in [0.25, 0.3) is 11.2 Å². The van der Waals surface area contributed by atoms with Gasteiger partial charge in [0.25, 0.3) is 7.52 Å². The molecule has 1 unspecified atom stereocenters. The summed E-state index contributed by atoms with van der Waals surface area (Å²) in [4.78, 5) is 31.6. The molecule has 0 amide bonds. The van der Waals surface area contributed by atoms with E-state index in [-0.39, 0.29) is 12.5 Å². The lowest BCUT2D eigenvalue weighted by Crippen LogP contribution is -2.31. The van der Waals surface area contributed by atoms with Crippen LogP contribution in [-0.4, -0.2) is 71.9 Å². The number of ether oxygens (including phenoxy) is 1. The highest BCUT2D eigenvalue weighted by molar-refractivity contribution is 7.56. The molecule has 2 atom stereocenters. The minimum atomic E-state index is -3.05. The molecule has 1 aliphatic heterocycles. The van der Waals surface area contributed by atoms with E-state index < -0.39 is 19.5 Å². The Labute approximate surface area is 213 Å². The number of aromatic nitrogens is 4. The number of aliphatic carboxylic acids is 2. The number of imidazole rings is 1. The summed E-state index contributed by atoms with van der Waals surface area (Å²) in [7, 11) is -3.05. The van der Waals surface area contributed by atoms with Crippen molar-refractivity contribution in [1.29, 1.82) is 0 Å². The van der Waals surface area contributed by atoms with E-state index in [1.807, 2.05) is 46.5 Å². The SMILES string of the molecule is C[C@H](Cn1cnc2c(N)ncnc21)OCP1(=O)OCCCN1Cc1ccccc1.O=C(O)/C=C/C(=O)O. The highest BCUT2D eigenvalue weighted by atomic mass is 31.2. The van der Waals surface area contributed by atoms with Crippen molar-refractivity contribution >= 4 is 36.4 Å². The van der Waals surface area contributed by atoms with Crippen LogP contribution in [0, 0.1) is 0 Å². The van der Waals surface area contributed by atoms with Gasteiger partial charge in [0.15, 0.2) is 11.5 Å². The number of carboxylic acid groups (broad SMARTS) is 2. The molecule has 1 saturated heterocycles. The summed E-state index contributed by atoms with van der Waals surface area (Å²) in [5.74, 6) is -2.17. The summed E-state index contributed by atoms with van der Waals surface area (Å²) in [6, 6.07) is 9.99. The van der Waals surface area contributed by atoms with Gasteiger partial charge in [0.05, 0.1) is 25.6 Å². The van der Waals surface area contributed by atoms with E-state index in [1.54, 1.807) is 6.33 Å². The lowest BCUT2D eigenvalue weighted by atomic mass is 10.2. The van der Waals surface area contributed by atoms with Crippen molar-refractivity contribution in [3.63, 3.8) is 0 Å². The van der Waals surface area contributed by atoms with Crippen molar-refractivity contribution in [2.45, 2.75) is 32.5 Å². The first kappa shape index (κ1) is 27.9. The number of fused-ring (bicyclic) bond motifs is 1. The number of nitrogens with two attached hydrogens (primary N) is 1. The van der Waals surface area contributed by atoms with Crippen LogP contribution in [-0.2, 0) is 36.5 Å². The quantitative estimate of drug-likeness (QED) is 0.271. The second-order valence-corrected chi connectivity index (χ2v) is 10.5. The maximum Gasteiger partial charge on any atom is 0.328 e. The number of nitrogens with zero attached hydrogens (tertiary/aromatic N) is 5. The summed E-state index contributed by atoms with van der Waals surface area (Å²) < 4.78 is 28.9. The minimum absolute atomic E-state index is 0.0464. The predicted octanol–water partition coefficient (Wildman–Crippen LogP) is 2.60. The lowest BCUT2D eigenvalue weighted by Gasteiger charge is -2.35. The summed E-state index contributed by atoms with van der Waals surface area (Å²) in [5.41, 5.74) is 8.16. The van der Waals surface area contributed by atoms with E-state index in [0.29, 0.717) is 48.8 Å². The second kappa shape index (κ2) is 13.1. The van der Waals surface area contributed by atoms with Crippen molar-refractivity contribution in [3.05, 3.63) is 60.7 Å². The van der Waals surface area contributed by atoms with Crippen LogP contribution in [0.3, 0.4) is 0 Å². The van der Waals surface area contributed by atoms with E-state index >= 15 is 0 Å². The van der Waals surface area contributed by atoms with E-state index in [4.69, 9.17) is 25.2 Å². The summed E-state index contributed by atoms with van der Waals surface area (Å²) >= 11 is 0. The molecule has 1 fully saturated rings. The van der Waals surface area contributed by atoms with Crippen molar-refractivity contribution in [2.75, 3.05) is 25.2 Å². The molecule has 0 saturated carbocycles. The maximum absolute atomic E-state index is 13.5. The Hall–Kier alpha value is -3.64. The topological polar surface area (TPSA) is 183 Å². The monoisotopic (exact) mass is 532 g/mol. The zero-order valence-electron chi connectivity index (χ0n) is 20.2. The molecule has 1 aliphatic rings. The Morgan fingerprint density at radius 1 is 1.19 bits per heavy atom. The van der Waals surface area contributed by atoms with Gasteiger partial charge in [0.2, 0.25) is 0 Å². The molecule has 1 aromatic carbocycles. The molecule has 198 valence electrons. The first-order valence-corrected chi connectivity index (χ1v) is 13.1. The Kier molecular flexibility index (Phi) is 9.86. The molecule has 13 nitrogen and oxygen atoms in total. The molecule has 4 N–H and O–H groups in total. The van der Waals surface area contributed by atoms with Gasteiger partial charge in [-0.2, -0.15) is 0 Å². The average molecular weight is 532 g/mol. The van der Waals surface area contributed by atoms with Crippen LogP contribution in [0.4, 0.5) is 5.82 Å². The van der Waals surface area contributed by atoms with Crippen LogP contribution < -0.4 is 5.73 Å². The number of carbonyl (C=O) groups is 2. The first-order chi connectivity index (χ1) is 17.7. The van der Waals surface area contributed by atoms with E-state index in [1.165, 1.54) is 6.33 Å². The fraction of sp³-hybridized carbons (Fsp3) is 0.348. The van der Waals surface area contributed by atoms with Crippen LogP contribution >= 0.6 is 7.52 Å². The second-order valence-electron chi connectivity index (χ2n) is 8.14. The molecule has 4 rings (SSSR count). The zero-order valence-corrected chi connectivity index (χ0v) is 21.1.